The first-order valence-corrected chi connectivity index (χ1v) is 16.7. The molecular weight excluding hydrogens is 613 g/mol. The van der Waals surface area contributed by atoms with Crippen molar-refractivity contribution in [3.8, 4) is 51.0 Å². The minimum Gasteiger partial charge on any atom is -0.456 e. The molecular formula is C45H28N4O. The molecule has 0 saturated heterocycles. The number of para-hydroxylation sites is 2. The summed E-state index contributed by atoms with van der Waals surface area (Å²) >= 11 is 0. The van der Waals surface area contributed by atoms with Gasteiger partial charge in [-0.15, -0.1) is 0 Å². The van der Waals surface area contributed by atoms with Crippen LogP contribution in [0, 0.1) is 0 Å². The van der Waals surface area contributed by atoms with Gasteiger partial charge in [0.2, 0.25) is 0 Å². The average molecular weight is 641 g/mol. The lowest BCUT2D eigenvalue weighted by molar-refractivity contribution is 0.669. The number of hydrogen-bond acceptors (Lipinski definition) is 4. The van der Waals surface area contributed by atoms with Crippen LogP contribution in [0.25, 0.3) is 94.7 Å². The van der Waals surface area contributed by atoms with Crippen molar-refractivity contribution in [2.45, 2.75) is 0 Å². The van der Waals surface area contributed by atoms with Crippen molar-refractivity contribution < 1.29 is 4.42 Å². The number of furan rings is 1. The zero-order valence-electron chi connectivity index (χ0n) is 26.9. The second-order valence-electron chi connectivity index (χ2n) is 12.4. The molecule has 0 spiro atoms. The fraction of sp³-hybridized carbons (Fsp3) is 0. The average Bonchev–Trinajstić information content (AvgIpc) is 3.74. The maximum Gasteiger partial charge on any atom is 0.164 e. The Hall–Kier alpha value is -6.85. The third kappa shape index (κ3) is 4.52. The summed E-state index contributed by atoms with van der Waals surface area (Å²) in [5.41, 5.74) is 10.1. The van der Waals surface area contributed by atoms with E-state index in [0.717, 1.165) is 66.5 Å². The monoisotopic (exact) mass is 640 g/mol. The normalized spacial score (nSPS) is 11.6. The summed E-state index contributed by atoms with van der Waals surface area (Å²) < 4.78 is 8.92. The van der Waals surface area contributed by atoms with Gasteiger partial charge in [-0.2, -0.15) is 0 Å². The van der Waals surface area contributed by atoms with Gasteiger partial charge in [0.25, 0.3) is 0 Å². The second kappa shape index (κ2) is 11.4. The highest BCUT2D eigenvalue weighted by molar-refractivity contribution is 6.28. The molecule has 50 heavy (non-hydrogen) atoms. The van der Waals surface area contributed by atoms with Gasteiger partial charge in [-0.1, -0.05) is 127 Å². The van der Waals surface area contributed by atoms with E-state index in [1.165, 1.54) is 10.8 Å². The minimum absolute atomic E-state index is 0.626. The Labute approximate surface area is 287 Å². The molecule has 0 aliphatic heterocycles. The van der Waals surface area contributed by atoms with Crippen molar-refractivity contribution in [3.63, 3.8) is 0 Å². The number of fused-ring (bicyclic) bond motifs is 7. The molecule has 0 unspecified atom stereocenters. The van der Waals surface area contributed by atoms with Crippen LogP contribution in [0.3, 0.4) is 0 Å². The molecule has 7 aromatic carbocycles. The van der Waals surface area contributed by atoms with E-state index >= 15 is 0 Å². The van der Waals surface area contributed by atoms with Crippen LogP contribution in [0.4, 0.5) is 0 Å². The Balaban J connectivity index is 1.22. The summed E-state index contributed by atoms with van der Waals surface area (Å²) in [5.74, 6) is 1.91. The summed E-state index contributed by atoms with van der Waals surface area (Å²) in [4.78, 5) is 14.8. The molecule has 0 aliphatic carbocycles. The van der Waals surface area contributed by atoms with E-state index in [2.05, 4.69) is 102 Å². The van der Waals surface area contributed by atoms with Crippen molar-refractivity contribution >= 4 is 43.7 Å². The van der Waals surface area contributed by atoms with Gasteiger partial charge in [-0.05, 0) is 53.6 Å². The summed E-state index contributed by atoms with van der Waals surface area (Å²) in [6, 6.07) is 58.5. The largest absolute Gasteiger partial charge is 0.456 e. The van der Waals surface area contributed by atoms with E-state index in [0.29, 0.717) is 17.5 Å². The van der Waals surface area contributed by atoms with Crippen LogP contribution in [0.15, 0.2) is 174 Å². The highest BCUT2D eigenvalue weighted by Crippen LogP contribution is 2.45. The van der Waals surface area contributed by atoms with Crippen molar-refractivity contribution in [2.75, 3.05) is 0 Å². The van der Waals surface area contributed by atoms with Crippen molar-refractivity contribution in [2.24, 2.45) is 0 Å². The molecule has 0 atom stereocenters. The maximum absolute atomic E-state index is 6.55. The van der Waals surface area contributed by atoms with Gasteiger partial charge in [0.1, 0.15) is 11.2 Å². The summed E-state index contributed by atoms with van der Waals surface area (Å²) in [7, 11) is 0. The number of rotatable bonds is 5. The first-order chi connectivity index (χ1) is 24.8. The lowest BCUT2D eigenvalue weighted by atomic mass is 9.97. The van der Waals surface area contributed by atoms with Crippen molar-refractivity contribution in [1.29, 1.82) is 0 Å². The van der Waals surface area contributed by atoms with Crippen LogP contribution in [-0.2, 0) is 0 Å². The van der Waals surface area contributed by atoms with Crippen molar-refractivity contribution in [3.05, 3.63) is 170 Å². The lowest BCUT2D eigenvalue weighted by Gasteiger charge is -2.12. The quantitative estimate of drug-likeness (QED) is 0.188. The molecule has 3 aromatic heterocycles. The van der Waals surface area contributed by atoms with E-state index in [1.807, 2.05) is 72.8 Å². The maximum atomic E-state index is 6.55. The molecule has 234 valence electrons. The minimum atomic E-state index is 0.626. The number of aromatic nitrogens is 4. The fourth-order valence-corrected chi connectivity index (χ4v) is 7.17. The lowest BCUT2D eigenvalue weighted by Crippen LogP contribution is -2.00. The Morgan fingerprint density at radius 1 is 0.400 bits per heavy atom. The van der Waals surface area contributed by atoms with Crippen LogP contribution < -0.4 is 0 Å². The van der Waals surface area contributed by atoms with E-state index < -0.39 is 0 Å². The fourth-order valence-electron chi connectivity index (χ4n) is 7.17. The molecule has 0 radical (unpaired) electrons. The zero-order valence-corrected chi connectivity index (χ0v) is 26.9. The summed E-state index contributed by atoms with van der Waals surface area (Å²) in [5, 5.41) is 4.59. The van der Waals surface area contributed by atoms with Gasteiger partial charge < -0.3 is 8.98 Å². The Bertz CT molecular complexity index is 2780. The first-order valence-electron chi connectivity index (χ1n) is 16.7. The van der Waals surface area contributed by atoms with Gasteiger partial charge in [-0.25, -0.2) is 15.0 Å². The third-order valence-corrected chi connectivity index (χ3v) is 9.45. The number of hydrogen-bond donors (Lipinski definition) is 0. The Morgan fingerprint density at radius 2 is 0.900 bits per heavy atom. The van der Waals surface area contributed by atoms with Crippen LogP contribution >= 0.6 is 0 Å². The molecule has 0 fully saturated rings. The molecule has 5 heteroatoms. The van der Waals surface area contributed by atoms with E-state index in [1.54, 1.807) is 0 Å². The molecule has 0 amide bonds. The van der Waals surface area contributed by atoms with Gasteiger partial charge in [-0.3, -0.25) is 0 Å². The third-order valence-electron chi connectivity index (χ3n) is 9.45. The summed E-state index contributed by atoms with van der Waals surface area (Å²) in [6.45, 7) is 0. The predicted molar refractivity (Wildman–Crippen MR) is 203 cm³/mol. The Kier molecular flexibility index (Phi) is 6.42. The highest BCUT2D eigenvalue weighted by atomic mass is 16.3. The molecule has 3 heterocycles. The predicted octanol–water partition coefficient (Wildman–Crippen LogP) is 11.5. The van der Waals surface area contributed by atoms with Crippen LogP contribution in [-0.4, -0.2) is 19.5 Å². The standard InChI is InChI=1S/C45H28N4O/c1-4-14-29(15-5-1)36-28-39-41(35-21-11-13-23-38(35)50-39)42-40(36)34-20-10-12-22-37(34)49(42)33-26-24-32(25-27-33)45-47-43(30-16-6-2-7-17-30)46-44(48-45)31-18-8-3-9-19-31/h1-28H. The van der Waals surface area contributed by atoms with Crippen LogP contribution in [0.1, 0.15) is 0 Å². The van der Waals surface area contributed by atoms with E-state index in [9.17, 15) is 0 Å². The van der Waals surface area contributed by atoms with Gasteiger partial charge >= 0.3 is 0 Å². The summed E-state index contributed by atoms with van der Waals surface area (Å²) in [6.07, 6.45) is 0. The van der Waals surface area contributed by atoms with Crippen molar-refractivity contribution in [1.82, 2.24) is 19.5 Å². The van der Waals surface area contributed by atoms with Crippen LogP contribution in [0.5, 0.6) is 0 Å². The number of benzene rings is 7. The number of nitrogens with zero attached hydrogens (tertiary/aromatic N) is 4. The molecule has 10 aromatic rings. The molecule has 0 N–H and O–H groups in total. The van der Waals surface area contributed by atoms with Gasteiger partial charge in [0.15, 0.2) is 17.5 Å². The Morgan fingerprint density at radius 3 is 1.52 bits per heavy atom. The molecule has 0 bridgehead atoms. The molecule has 0 saturated carbocycles. The first kappa shape index (κ1) is 28.2. The van der Waals surface area contributed by atoms with Gasteiger partial charge in [0.05, 0.1) is 16.4 Å². The van der Waals surface area contributed by atoms with Crippen LogP contribution in [0.2, 0.25) is 0 Å². The second-order valence-corrected chi connectivity index (χ2v) is 12.4. The molecule has 0 aliphatic rings. The smallest absolute Gasteiger partial charge is 0.164 e. The van der Waals surface area contributed by atoms with E-state index in [-0.39, 0.29) is 0 Å². The molecule has 5 nitrogen and oxygen atoms in total. The highest BCUT2D eigenvalue weighted by Gasteiger charge is 2.23. The van der Waals surface area contributed by atoms with Gasteiger partial charge in [0, 0.05) is 38.5 Å². The van der Waals surface area contributed by atoms with E-state index in [4.69, 9.17) is 19.4 Å². The zero-order chi connectivity index (χ0) is 33.0. The molecule has 10 rings (SSSR count). The topological polar surface area (TPSA) is 56.7 Å². The SMILES string of the molecule is c1ccc(-c2nc(-c3ccccc3)nc(-c3ccc(-n4c5ccccc5c5c(-c6ccccc6)cc6oc7ccccc7c6c54)cc3)n2)cc1.